The van der Waals surface area contributed by atoms with Gasteiger partial charge >= 0.3 is 12.1 Å². The summed E-state index contributed by atoms with van der Waals surface area (Å²) in [4.78, 5) is 24.6. The van der Waals surface area contributed by atoms with Crippen LogP contribution in [0.1, 0.15) is 119 Å². The largest absolute Gasteiger partial charge is 0.463 e. The Kier molecular flexibility index (Phi) is 10.7. The molecule has 7 nitrogen and oxygen atoms in total. The van der Waals surface area contributed by atoms with Crippen LogP contribution in [0.4, 0.5) is 4.79 Å². The molecule has 0 aliphatic heterocycles. The molecule has 246 valence electrons. The summed E-state index contributed by atoms with van der Waals surface area (Å²) < 4.78 is 10.9. The molecule has 3 N–H and O–H groups in total. The normalized spacial score (nSPS) is 36.2. The number of rotatable bonds is 12. The highest BCUT2D eigenvalue weighted by Gasteiger charge is 2.64. The van der Waals surface area contributed by atoms with E-state index in [1.165, 1.54) is 57.4 Å². The van der Waals surface area contributed by atoms with Gasteiger partial charge in [0.1, 0.15) is 18.1 Å². The molecule has 0 aromatic carbocycles. The van der Waals surface area contributed by atoms with E-state index < -0.39 is 30.7 Å². The zero-order valence-corrected chi connectivity index (χ0v) is 28.2. The Labute approximate surface area is 260 Å². The third kappa shape index (κ3) is 6.68. The lowest BCUT2D eigenvalue weighted by Crippen LogP contribution is -2.56. The fourth-order valence-corrected chi connectivity index (χ4v) is 10.3. The molecule has 43 heavy (non-hydrogen) atoms. The van der Waals surface area contributed by atoms with Crippen molar-refractivity contribution in [2.24, 2.45) is 51.2 Å². The topological polar surface area (TPSA) is 105 Å². The Bertz CT molecular complexity index is 1020. The Balaban J connectivity index is 1.32. The maximum Gasteiger partial charge on any atom is 0.407 e. The number of hydrogen-bond donors (Lipinski definition) is 3. The van der Waals surface area contributed by atoms with Gasteiger partial charge in [0.05, 0.1) is 19.8 Å². The van der Waals surface area contributed by atoms with E-state index in [2.05, 4.69) is 52.9 Å². The van der Waals surface area contributed by atoms with Crippen molar-refractivity contribution in [3.8, 4) is 0 Å². The van der Waals surface area contributed by atoms with Crippen molar-refractivity contribution in [2.75, 3.05) is 26.4 Å². The van der Waals surface area contributed by atoms with Crippen LogP contribution in [0.25, 0.3) is 0 Å². The molecule has 3 fully saturated rings. The van der Waals surface area contributed by atoms with Crippen molar-refractivity contribution in [1.29, 1.82) is 0 Å². The van der Waals surface area contributed by atoms with Gasteiger partial charge in [-0.05, 0) is 97.7 Å². The van der Waals surface area contributed by atoms with Gasteiger partial charge in [0.25, 0.3) is 0 Å². The predicted octanol–water partition coefficient (Wildman–Crippen LogP) is 7.05. The molecule has 2 unspecified atom stereocenters. The number of hydrogen-bond acceptors (Lipinski definition) is 6. The second-order valence-electron chi connectivity index (χ2n) is 16.2. The molecule has 0 bridgehead atoms. The zero-order valence-electron chi connectivity index (χ0n) is 28.2. The van der Waals surface area contributed by atoms with Crippen LogP contribution in [0, 0.1) is 51.2 Å². The number of carbonyl (C=O) groups is 2. The van der Waals surface area contributed by atoms with E-state index in [0.717, 1.165) is 49.4 Å². The van der Waals surface area contributed by atoms with Gasteiger partial charge in [0.2, 0.25) is 0 Å². The average molecular weight is 604 g/mol. The summed E-state index contributed by atoms with van der Waals surface area (Å²) >= 11 is 0. The van der Waals surface area contributed by atoms with E-state index in [0.29, 0.717) is 16.7 Å². The smallest absolute Gasteiger partial charge is 0.407 e. The van der Waals surface area contributed by atoms with Gasteiger partial charge < -0.3 is 25.0 Å². The molecule has 0 aromatic rings. The third-order valence-corrected chi connectivity index (χ3v) is 12.9. The summed E-state index contributed by atoms with van der Waals surface area (Å²) in [6.07, 6.45) is 15.3. The lowest BCUT2D eigenvalue weighted by atomic mass is 9.41. The SMILES string of the molecule is CC(C)CCC[C@@H](C)C1CC[C@H]2[C@]3(C)CC=C4CC(OC(=O)NCCOC(=O)C(C)(CO)CO)CC[C@]4(C)[C@H]3CC[C@]12C. The van der Waals surface area contributed by atoms with E-state index >= 15 is 0 Å². The molecule has 0 saturated heterocycles. The maximum atomic E-state index is 12.6. The molecule has 8 atom stereocenters. The molecule has 0 radical (unpaired) electrons. The van der Waals surface area contributed by atoms with Crippen LogP contribution in [-0.2, 0) is 14.3 Å². The average Bonchev–Trinajstić information content (AvgIpc) is 3.33. The molecule has 7 heteroatoms. The van der Waals surface area contributed by atoms with Crippen molar-refractivity contribution in [3.05, 3.63) is 11.6 Å². The fourth-order valence-electron chi connectivity index (χ4n) is 10.3. The Hall–Kier alpha value is -1.60. The van der Waals surface area contributed by atoms with Crippen molar-refractivity contribution in [1.82, 2.24) is 5.32 Å². The zero-order chi connectivity index (χ0) is 31.6. The number of carbonyl (C=O) groups excluding carboxylic acids is 2. The van der Waals surface area contributed by atoms with Gasteiger partial charge in [0, 0.05) is 6.42 Å². The monoisotopic (exact) mass is 603 g/mol. The van der Waals surface area contributed by atoms with Gasteiger partial charge in [-0.25, -0.2) is 4.79 Å². The molecule has 4 aliphatic rings. The second kappa shape index (κ2) is 13.4. The predicted molar refractivity (Wildman–Crippen MR) is 169 cm³/mol. The number of esters is 1. The van der Waals surface area contributed by atoms with Gasteiger partial charge in [-0.2, -0.15) is 0 Å². The van der Waals surface area contributed by atoms with Crippen molar-refractivity contribution in [2.45, 2.75) is 125 Å². The summed E-state index contributed by atoms with van der Waals surface area (Å²) in [6, 6.07) is 0. The number of amides is 1. The molecule has 0 aromatic heterocycles. The van der Waals surface area contributed by atoms with E-state index in [9.17, 15) is 19.8 Å². The fraction of sp³-hybridized carbons (Fsp3) is 0.889. The molecule has 0 heterocycles. The van der Waals surface area contributed by atoms with Crippen LogP contribution < -0.4 is 5.32 Å². The molecular weight excluding hydrogens is 542 g/mol. The minimum atomic E-state index is -1.35. The first kappa shape index (κ1) is 34.3. The number of ether oxygens (including phenoxy) is 2. The number of aliphatic hydroxyl groups excluding tert-OH is 2. The molecule has 4 aliphatic carbocycles. The van der Waals surface area contributed by atoms with Gasteiger partial charge in [0.15, 0.2) is 0 Å². The Morgan fingerprint density at radius 3 is 2.40 bits per heavy atom. The summed E-state index contributed by atoms with van der Waals surface area (Å²) in [7, 11) is 0. The van der Waals surface area contributed by atoms with Crippen molar-refractivity contribution in [3.63, 3.8) is 0 Å². The van der Waals surface area contributed by atoms with Crippen LogP contribution in [0.5, 0.6) is 0 Å². The summed E-state index contributed by atoms with van der Waals surface area (Å²) in [5.41, 5.74) is 1.10. The minimum Gasteiger partial charge on any atom is -0.463 e. The van der Waals surface area contributed by atoms with Crippen LogP contribution in [0.15, 0.2) is 11.6 Å². The van der Waals surface area contributed by atoms with Crippen LogP contribution >= 0.6 is 0 Å². The van der Waals surface area contributed by atoms with E-state index in [1.54, 1.807) is 0 Å². The van der Waals surface area contributed by atoms with Crippen LogP contribution in [-0.4, -0.2) is 54.7 Å². The lowest BCUT2D eigenvalue weighted by Gasteiger charge is -2.63. The van der Waals surface area contributed by atoms with Crippen LogP contribution in [0.3, 0.4) is 0 Å². The Morgan fingerprint density at radius 1 is 1.00 bits per heavy atom. The van der Waals surface area contributed by atoms with Crippen molar-refractivity contribution >= 4 is 12.1 Å². The third-order valence-electron chi connectivity index (χ3n) is 12.9. The number of alkyl carbamates (subject to hydrolysis) is 1. The first-order valence-electron chi connectivity index (χ1n) is 17.3. The second-order valence-corrected chi connectivity index (χ2v) is 16.2. The van der Waals surface area contributed by atoms with Gasteiger partial charge in [-0.15, -0.1) is 0 Å². The molecule has 4 rings (SSSR count). The maximum absolute atomic E-state index is 12.6. The lowest BCUT2D eigenvalue weighted by molar-refractivity contribution is -0.159. The summed E-state index contributed by atoms with van der Waals surface area (Å²) in [6.45, 7) is 15.5. The summed E-state index contributed by atoms with van der Waals surface area (Å²) in [5.74, 6) is 3.23. The highest BCUT2D eigenvalue weighted by atomic mass is 16.6. The number of nitrogens with one attached hydrogen (secondary N) is 1. The highest BCUT2D eigenvalue weighted by Crippen LogP contribution is 2.72. The number of aliphatic hydroxyl groups is 2. The summed E-state index contributed by atoms with van der Waals surface area (Å²) in [5, 5.41) is 21.3. The first-order valence-corrected chi connectivity index (χ1v) is 17.3. The van der Waals surface area contributed by atoms with E-state index in [-0.39, 0.29) is 24.7 Å². The number of allylic oxidation sites excluding steroid dienone is 1. The van der Waals surface area contributed by atoms with Crippen molar-refractivity contribution < 1.29 is 29.3 Å². The minimum absolute atomic E-state index is 0.0463. The van der Waals surface area contributed by atoms with Crippen LogP contribution in [0.2, 0.25) is 0 Å². The Morgan fingerprint density at radius 2 is 1.72 bits per heavy atom. The number of fused-ring (bicyclic) bond motifs is 5. The molecule has 1 amide bonds. The molecule has 3 saturated carbocycles. The van der Waals surface area contributed by atoms with E-state index in [4.69, 9.17) is 9.47 Å². The van der Waals surface area contributed by atoms with E-state index in [1.807, 2.05) is 0 Å². The highest BCUT2D eigenvalue weighted by molar-refractivity contribution is 5.76. The first-order chi connectivity index (χ1) is 20.2. The molecule has 0 spiro atoms. The van der Waals surface area contributed by atoms with Gasteiger partial charge in [-0.3, -0.25) is 4.79 Å². The van der Waals surface area contributed by atoms with Gasteiger partial charge in [-0.1, -0.05) is 72.5 Å². The molecular formula is C36H61NO6. The quantitative estimate of drug-likeness (QED) is 0.125. The standard InChI is InChI=1S/C36H61NO6/c1-24(2)9-8-10-25(3)28-11-12-29-35(28,6)18-15-30-34(5)17-14-27(21-26(34)13-16-36(29,30)7)43-32(41)37-19-20-42-31(40)33(4,22-38)23-39/h13,24-25,27-30,38-39H,8-12,14-23H2,1-7H3,(H,37,41)/t25-,27?,28?,29-,30-,34+,35-,36+/m1/s1.